The minimum absolute atomic E-state index is 0. The zero-order valence-corrected chi connectivity index (χ0v) is 9.68. The van der Waals surface area contributed by atoms with Gasteiger partial charge in [0.1, 0.15) is 11.6 Å². The van der Waals surface area contributed by atoms with Crippen molar-refractivity contribution in [3.8, 4) is 0 Å². The summed E-state index contributed by atoms with van der Waals surface area (Å²) < 4.78 is 0. The van der Waals surface area contributed by atoms with Gasteiger partial charge in [-0.25, -0.2) is 0 Å². The summed E-state index contributed by atoms with van der Waals surface area (Å²) in [4.78, 5) is 20.7. The number of ketones is 2. The number of hydrogen-bond donors (Lipinski definition) is 0. The van der Waals surface area contributed by atoms with Crippen LogP contribution < -0.4 is 0 Å². The number of Topliss-reactive ketones (excluding diaryl/α,β-unsaturated/α-hetero) is 2. The summed E-state index contributed by atoms with van der Waals surface area (Å²) >= 11 is 0. The minimum Gasteiger partial charge on any atom is -0.300 e. The number of rotatable bonds is 3. The van der Waals surface area contributed by atoms with Crippen molar-refractivity contribution in [3.63, 3.8) is 0 Å². The minimum atomic E-state index is 0. The van der Waals surface area contributed by atoms with E-state index in [-0.39, 0.29) is 32.5 Å². The van der Waals surface area contributed by atoms with E-state index in [9.17, 15) is 9.59 Å². The van der Waals surface area contributed by atoms with Crippen molar-refractivity contribution in [3.05, 3.63) is 0 Å². The zero-order chi connectivity index (χ0) is 11.0. The highest BCUT2D eigenvalue weighted by Crippen LogP contribution is 1.95. The van der Waals surface area contributed by atoms with Crippen LogP contribution in [0.1, 0.15) is 62.8 Å². The SMILES string of the molecule is C.C.CC(=O)C(C)C.CCC(=O)C(C)C. The molecule has 0 aromatic rings. The Bertz CT molecular complexity index is 158. The van der Waals surface area contributed by atoms with Crippen LogP contribution >= 0.6 is 0 Å². The van der Waals surface area contributed by atoms with Crippen LogP contribution in [0.15, 0.2) is 0 Å². The summed E-state index contributed by atoms with van der Waals surface area (Å²) in [6.07, 6.45) is 0.678. The molecule has 0 N–H and O–H groups in total. The van der Waals surface area contributed by atoms with E-state index >= 15 is 0 Å². The van der Waals surface area contributed by atoms with Gasteiger partial charge < -0.3 is 0 Å². The largest absolute Gasteiger partial charge is 0.300 e. The first-order valence-electron chi connectivity index (χ1n) is 4.86. The predicted octanol–water partition coefficient (Wildman–Crippen LogP) is 4.13. The molecule has 0 atom stereocenters. The molecule has 0 aliphatic carbocycles. The van der Waals surface area contributed by atoms with Crippen molar-refractivity contribution >= 4 is 11.6 Å². The number of carbonyl (C=O) groups is 2. The second kappa shape index (κ2) is 13.3. The Morgan fingerprint density at radius 1 is 0.933 bits per heavy atom. The fourth-order valence-corrected chi connectivity index (χ4v) is 0.408. The Morgan fingerprint density at radius 3 is 1.20 bits per heavy atom. The van der Waals surface area contributed by atoms with Gasteiger partial charge in [0.2, 0.25) is 0 Å². The predicted molar refractivity (Wildman–Crippen MR) is 69.1 cm³/mol. The van der Waals surface area contributed by atoms with E-state index in [1.807, 2.05) is 34.6 Å². The van der Waals surface area contributed by atoms with E-state index in [0.29, 0.717) is 12.2 Å². The van der Waals surface area contributed by atoms with Crippen LogP contribution in [0, 0.1) is 11.8 Å². The Morgan fingerprint density at radius 2 is 1.20 bits per heavy atom. The molecular weight excluding hydrogens is 188 g/mol. The molecule has 0 fully saturated rings. The summed E-state index contributed by atoms with van der Waals surface area (Å²) in [5.41, 5.74) is 0. The van der Waals surface area contributed by atoms with Gasteiger partial charge in [0.15, 0.2) is 0 Å². The molecule has 0 bridgehead atoms. The van der Waals surface area contributed by atoms with Gasteiger partial charge in [0, 0.05) is 18.3 Å². The average molecular weight is 218 g/mol. The molecule has 0 aliphatic heterocycles. The van der Waals surface area contributed by atoms with E-state index in [1.54, 1.807) is 6.92 Å². The van der Waals surface area contributed by atoms with Crippen LogP contribution in [-0.2, 0) is 9.59 Å². The lowest BCUT2D eigenvalue weighted by molar-refractivity contribution is -0.121. The Hall–Kier alpha value is -0.660. The van der Waals surface area contributed by atoms with Crippen molar-refractivity contribution in [2.45, 2.75) is 62.8 Å². The summed E-state index contributed by atoms with van der Waals surface area (Å²) in [6, 6.07) is 0. The topological polar surface area (TPSA) is 34.1 Å². The number of hydrogen-bond acceptors (Lipinski definition) is 2. The van der Waals surface area contributed by atoms with Crippen LogP contribution in [0.5, 0.6) is 0 Å². The standard InChI is InChI=1S/C6H12O.C5H10O.2CH4/c1-4-6(7)5(2)3;1-4(2)5(3)6;;/h5H,4H2,1-3H3;4H,1-3H3;2*1H4. The lowest BCUT2D eigenvalue weighted by Gasteiger charge is -1.96. The third-order valence-electron chi connectivity index (χ3n) is 1.81. The van der Waals surface area contributed by atoms with Crippen molar-refractivity contribution < 1.29 is 9.59 Å². The first-order valence-corrected chi connectivity index (χ1v) is 4.86. The van der Waals surface area contributed by atoms with Crippen LogP contribution in [0.2, 0.25) is 0 Å². The molecule has 2 heteroatoms. The van der Waals surface area contributed by atoms with E-state index in [0.717, 1.165) is 0 Å². The van der Waals surface area contributed by atoms with Gasteiger partial charge in [0.25, 0.3) is 0 Å². The van der Waals surface area contributed by atoms with Crippen molar-refractivity contribution in [1.29, 1.82) is 0 Å². The average Bonchev–Trinajstić information content (AvgIpc) is 2.03. The highest BCUT2D eigenvalue weighted by atomic mass is 16.1. The summed E-state index contributed by atoms with van der Waals surface area (Å²) in [5, 5.41) is 0. The Kier molecular flexibility index (Phi) is 21.2. The normalized spacial score (nSPS) is 8.27. The lowest BCUT2D eigenvalue weighted by atomic mass is 10.1. The molecular formula is C13H30O2. The molecule has 0 rings (SSSR count). The fourth-order valence-electron chi connectivity index (χ4n) is 0.408. The first-order chi connectivity index (χ1) is 5.82. The summed E-state index contributed by atoms with van der Waals surface area (Å²) in [5.74, 6) is 1.05. The summed E-state index contributed by atoms with van der Waals surface area (Å²) in [7, 11) is 0. The molecule has 0 saturated carbocycles. The van der Waals surface area contributed by atoms with Crippen LogP contribution in [0.3, 0.4) is 0 Å². The third-order valence-corrected chi connectivity index (χ3v) is 1.81. The molecule has 0 amide bonds. The highest BCUT2D eigenvalue weighted by Gasteiger charge is 2.00. The molecule has 0 aliphatic rings. The second-order valence-corrected chi connectivity index (χ2v) is 3.74. The Labute approximate surface area is 96.5 Å². The first kappa shape index (κ1) is 23.9. The molecule has 15 heavy (non-hydrogen) atoms. The Balaban J connectivity index is -0.0000000718. The summed E-state index contributed by atoms with van der Waals surface area (Å²) in [6.45, 7) is 11.1. The molecule has 0 unspecified atom stereocenters. The lowest BCUT2D eigenvalue weighted by Crippen LogP contribution is -2.03. The van der Waals surface area contributed by atoms with Crippen LogP contribution in [0.25, 0.3) is 0 Å². The zero-order valence-electron chi connectivity index (χ0n) is 9.68. The van der Waals surface area contributed by atoms with Gasteiger partial charge in [-0.2, -0.15) is 0 Å². The maximum absolute atomic E-state index is 10.5. The van der Waals surface area contributed by atoms with E-state index in [4.69, 9.17) is 0 Å². The third kappa shape index (κ3) is 19.7. The maximum atomic E-state index is 10.5. The molecule has 0 heterocycles. The van der Waals surface area contributed by atoms with E-state index in [1.165, 1.54) is 0 Å². The van der Waals surface area contributed by atoms with E-state index in [2.05, 4.69) is 0 Å². The van der Waals surface area contributed by atoms with Gasteiger partial charge in [-0.3, -0.25) is 9.59 Å². The van der Waals surface area contributed by atoms with Gasteiger partial charge in [0.05, 0.1) is 0 Å². The maximum Gasteiger partial charge on any atom is 0.135 e. The molecule has 0 aromatic heterocycles. The van der Waals surface area contributed by atoms with Gasteiger partial charge in [-0.15, -0.1) is 0 Å². The van der Waals surface area contributed by atoms with Crippen molar-refractivity contribution in [2.24, 2.45) is 11.8 Å². The molecule has 94 valence electrons. The van der Waals surface area contributed by atoms with Crippen molar-refractivity contribution in [1.82, 2.24) is 0 Å². The quantitative estimate of drug-likeness (QED) is 0.714. The number of carbonyl (C=O) groups excluding carboxylic acids is 2. The van der Waals surface area contributed by atoms with Gasteiger partial charge in [-0.1, -0.05) is 49.5 Å². The smallest absolute Gasteiger partial charge is 0.135 e. The monoisotopic (exact) mass is 218 g/mol. The highest BCUT2D eigenvalue weighted by molar-refractivity contribution is 5.79. The van der Waals surface area contributed by atoms with E-state index < -0.39 is 0 Å². The molecule has 0 saturated heterocycles. The van der Waals surface area contributed by atoms with Crippen molar-refractivity contribution in [2.75, 3.05) is 0 Å². The molecule has 0 aromatic carbocycles. The molecule has 2 nitrogen and oxygen atoms in total. The van der Waals surface area contributed by atoms with Crippen LogP contribution in [0.4, 0.5) is 0 Å². The molecule has 0 spiro atoms. The van der Waals surface area contributed by atoms with Crippen LogP contribution in [-0.4, -0.2) is 11.6 Å². The van der Waals surface area contributed by atoms with Gasteiger partial charge >= 0.3 is 0 Å². The second-order valence-electron chi connectivity index (χ2n) is 3.74. The fraction of sp³-hybridized carbons (Fsp3) is 0.846. The molecule has 0 radical (unpaired) electrons. The van der Waals surface area contributed by atoms with Gasteiger partial charge in [-0.05, 0) is 6.92 Å².